The van der Waals surface area contributed by atoms with Gasteiger partial charge in [-0.15, -0.1) is 0 Å². The van der Waals surface area contributed by atoms with Crippen LogP contribution in [0, 0.1) is 23.1 Å². The summed E-state index contributed by atoms with van der Waals surface area (Å²) in [6.45, 7) is 8.37. The molecule has 1 aromatic carbocycles. The number of benzene rings is 1. The number of hydrogen-bond donors (Lipinski definition) is 1. The van der Waals surface area contributed by atoms with Gasteiger partial charge in [-0.3, -0.25) is 4.79 Å². The summed E-state index contributed by atoms with van der Waals surface area (Å²) in [4.78, 5) is 14.3. The number of hydrogen-bond acceptors (Lipinski definition) is 2. The number of halogens is 1. The lowest BCUT2D eigenvalue weighted by Crippen LogP contribution is -2.43. The van der Waals surface area contributed by atoms with Crippen molar-refractivity contribution in [1.82, 2.24) is 4.90 Å². The Kier molecular flexibility index (Phi) is 5.51. The molecule has 0 radical (unpaired) electrons. The van der Waals surface area contributed by atoms with Crippen LogP contribution in [0.4, 0.5) is 4.39 Å². The monoisotopic (exact) mass is 290 g/mol. The molecule has 0 spiro atoms. The first-order chi connectivity index (χ1) is 9.68. The van der Waals surface area contributed by atoms with E-state index in [4.69, 9.17) is 5.73 Å². The van der Waals surface area contributed by atoms with E-state index in [0.717, 1.165) is 0 Å². The predicted octanol–water partition coefficient (Wildman–Crippen LogP) is 2.64. The summed E-state index contributed by atoms with van der Waals surface area (Å²) in [5.74, 6) is 4.85. The van der Waals surface area contributed by atoms with E-state index in [9.17, 15) is 9.18 Å². The van der Waals surface area contributed by atoms with Crippen molar-refractivity contribution in [2.45, 2.75) is 33.7 Å². The highest BCUT2D eigenvalue weighted by atomic mass is 19.1. The Balaban J connectivity index is 3.18. The molecule has 0 aliphatic carbocycles. The van der Waals surface area contributed by atoms with Gasteiger partial charge >= 0.3 is 0 Å². The van der Waals surface area contributed by atoms with Crippen molar-refractivity contribution in [2.75, 3.05) is 13.6 Å². The zero-order valence-electron chi connectivity index (χ0n) is 13.3. The fraction of sp³-hybridized carbons (Fsp3) is 0.471. The molecule has 0 bridgehead atoms. The fourth-order valence-corrected chi connectivity index (χ4v) is 1.90. The van der Waals surface area contributed by atoms with Gasteiger partial charge in [0.2, 0.25) is 0 Å². The van der Waals surface area contributed by atoms with E-state index in [1.807, 2.05) is 6.92 Å². The SMILES string of the molecule is CC(N(C)C(=O)c1ccc(F)cc1C#CCN)C(C)(C)C. The van der Waals surface area contributed by atoms with Crippen molar-refractivity contribution in [1.29, 1.82) is 0 Å². The highest BCUT2D eigenvalue weighted by Crippen LogP contribution is 2.25. The Morgan fingerprint density at radius 1 is 1.43 bits per heavy atom. The maximum atomic E-state index is 13.4. The van der Waals surface area contributed by atoms with Crippen molar-refractivity contribution in [3.05, 3.63) is 35.1 Å². The number of carbonyl (C=O) groups excluding carboxylic acids is 1. The second kappa shape index (κ2) is 6.73. The van der Waals surface area contributed by atoms with Gasteiger partial charge in [0.1, 0.15) is 5.82 Å². The molecule has 1 atom stereocenters. The van der Waals surface area contributed by atoms with Crippen LogP contribution >= 0.6 is 0 Å². The normalized spacial score (nSPS) is 12.3. The molecule has 3 nitrogen and oxygen atoms in total. The maximum Gasteiger partial charge on any atom is 0.255 e. The second-order valence-electron chi connectivity index (χ2n) is 6.15. The topological polar surface area (TPSA) is 46.3 Å². The standard InChI is InChI=1S/C17H23FN2O/c1-12(17(2,3)4)20(5)16(21)15-9-8-14(18)11-13(15)7-6-10-19/h8-9,11-12H,10,19H2,1-5H3. The molecule has 0 fully saturated rings. The summed E-state index contributed by atoms with van der Waals surface area (Å²) in [6, 6.07) is 4.05. The van der Waals surface area contributed by atoms with Crippen molar-refractivity contribution in [2.24, 2.45) is 11.1 Å². The van der Waals surface area contributed by atoms with Gasteiger partial charge in [-0.2, -0.15) is 0 Å². The van der Waals surface area contributed by atoms with Crippen LogP contribution in [-0.4, -0.2) is 30.4 Å². The van der Waals surface area contributed by atoms with Crippen LogP contribution in [0.2, 0.25) is 0 Å². The summed E-state index contributed by atoms with van der Waals surface area (Å²) < 4.78 is 13.4. The van der Waals surface area contributed by atoms with E-state index in [1.54, 1.807) is 11.9 Å². The van der Waals surface area contributed by atoms with E-state index < -0.39 is 5.82 Å². The van der Waals surface area contributed by atoms with Gasteiger partial charge < -0.3 is 10.6 Å². The molecule has 0 saturated carbocycles. The minimum absolute atomic E-state index is 0.0328. The largest absolute Gasteiger partial charge is 0.338 e. The third-order valence-electron chi connectivity index (χ3n) is 3.69. The molecular weight excluding hydrogens is 267 g/mol. The molecule has 4 heteroatoms. The third-order valence-corrected chi connectivity index (χ3v) is 3.69. The quantitative estimate of drug-likeness (QED) is 0.851. The first-order valence-corrected chi connectivity index (χ1v) is 6.94. The average molecular weight is 290 g/mol. The molecule has 21 heavy (non-hydrogen) atoms. The number of carbonyl (C=O) groups is 1. The van der Waals surface area contributed by atoms with E-state index in [2.05, 4.69) is 32.6 Å². The summed E-state index contributed by atoms with van der Waals surface area (Å²) in [6.07, 6.45) is 0. The Morgan fingerprint density at radius 2 is 2.05 bits per heavy atom. The smallest absolute Gasteiger partial charge is 0.255 e. The minimum Gasteiger partial charge on any atom is -0.338 e. The first-order valence-electron chi connectivity index (χ1n) is 6.94. The van der Waals surface area contributed by atoms with Crippen molar-refractivity contribution in [3.63, 3.8) is 0 Å². The molecule has 0 heterocycles. The van der Waals surface area contributed by atoms with Crippen LogP contribution in [0.25, 0.3) is 0 Å². The highest BCUT2D eigenvalue weighted by molar-refractivity contribution is 5.96. The molecule has 1 amide bonds. The number of nitrogens with two attached hydrogens (primary N) is 1. The second-order valence-corrected chi connectivity index (χ2v) is 6.15. The van der Waals surface area contributed by atoms with E-state index in [1.165, 1.54) is 18.2 Å². The Morgan fingerprint density at radius 3 is 2.57 bits per heavy atom. The summed E-state index contributed by atoms with van der Waals surface area (Å²) in [7, 11) is 1.75. The van der Waals surface area contributed by atoms with Gasteiger partial charge in [0.15, 0.2) is 0 Å². The van der Waals surface area contributed by atoms with Gasteiger partial charge in [0.25, 0.3) is 5.91 Å². The van der Waals surface area contributed by atoms with Crippen LogP contribution in [0.15, 0.2) is 18.2 Å². The average Bonchev–Trinajstić information content (AvgIpc) is 2.41. The van der Waals surface area contributed by atoms with Crippen molar-refractivity contribution >= 4 is 5.91 Å². The number of rotatable bonds is 2. The molecule has 1 rings (SSSR count). The Hall–Kier alpha value is -1.86. The number of amides is 1. The van der Waals surface area contributed by atoms with Crippen LogP contribution in [0.1, 0.15) is 43.6 Å². The van der Waals surface area contributed by atoms with Gasteiger partial charge in [-0.25, -0.2) is 4.39 Å². The molecule has 0 aliphatic heterocycles. The summed E-state index contributed by atoms with van der Waals surface area (Å²) in [5, 5.41) is 0. The molecule has 114 valence electrons. The van der Waals surface area contributed by atoms with E-state index in [-0.39, 0.29) is 23.9 Å². The van der Waals surface area contributed by atoms with Gasteiger partial charge in [0, 0.05) is 18.7 Å². The van der Waals surface area contributed by atoms with Gasteiger partial charge in [-0.05, 0) is 30.5 Å². The fourth-order valence-electron chi connectivity index (χ4n) is 1.90. The van der Waals surface area contributed by atoms with Crippen LogP contribution in [0.5, 0.6) is 0 Å². The zero-order chi connectivity index (χ0) is 16.2. The Bertz CT molecular complexity index is 579. The third kappa shape index (κ3) is 4.30. The van der Waals surface area contributed by atoms with Crippen LogP contribution in [-0.2, 0) is 0 Å². The molecular formula is C17H23FN2O. The molecule has 0 aromatic heterocycles. The van der Waals surface area contributed by atoms with E-state index >= 15 is 0 Å². The Labute approximate surface area is 126 Å². The molecule has 1 unspecified atom stereocenters. The van der Waals surface area contributed by atoms with Gasteiger partial charge in [0.05, 0.1) is 12.1 Å². The van der Waals surface area contributed by atoms with Crippen molar-refractivity contribution in [3.8, 4) is 11.8 Å². The van der Waals surface area contributed by atoms with E-state index in [0.29, 0.717) is 11.1 Å². The maximum absolute atomic E-state index is 13.4. The van der Waals surface area contributed by atoms with Crippen LogP contribution in [0.3, 0.4) is 0 Å². The lowest BCUT2D eigenvalue weighted by atomic mass is 9.87. The predicted molar refractivity (Wildman–Crippen MR) is 83.3 cm³/mol. The minimum atomic E-state index is -0.417. The number of nitrogens with zero attached hydrogens (tertiary/aromatic N) is 1. The van der Waals surface area contributed by atoms with Gasteiger partial charge in [-0.1, -0.05) is 32.6 Å². The highest BCUT2D eigenvalue weighted by Gasteiger charge is 2.28. The lowest BCUT2D eigenvalue weighted by molar-refractivity contribution is 0.0629. The molecule has 0 saturated heterocycles. The summed E-state index contributed by atoms with van der Waals surface area (Å²) >= 11 is 0. The molecule has 1 aromatic rings. The summed E-state index contributed by atoms with van der Waals surface area (Å²) in [5.41, 5.74) is 6.07. The zero-order valence-corrected chi connectivity index (χ0v) is 13.3. The lowest BCUT2D eigenvalue weighted by Gasteiger charge is -2.35. The van der Waals surface area contributed by atoms with Crippen LogP contribution < -0.4 is 5.73 Å². The molecule has 0 aliphatic rings. The first kappa shape index (κ1) is 17.2. The molecule has 2 N–H and O–H groups in total. The van der Waals surface area contributed by atoms with Crippen molar-refractivity contribution < 1.29 is 9.18 Å².